The molecule has 1 unspecified atom stereocenters. The molecule has 0 aliphatic rings. The molecule has 0 heterocycles. The molecule has 8 nitrogen and oxygen atoms in total. The lowest BCUT2D eigenvalue weighted by atomic mass is 10.0. The van der Waals surface area contributed by atoms with Gasteiger partial charge in [0.2, 0.25) is 0 Å². The van der Waals surface area contributed by atoms with Gasteiger partial charge in [-0.1, -0.05) is 103 Å². The maximum absolute atomic E-state index is 12.0. The summed E-state index contributed by atoms with van der Waals surface area (Å²) in [4.78, 5) is 25.4. The summed E-state index contributed by atoms with van der Waals surface area (Å²) in [5.41, 5.74) is 0. The van der Waals surface area contributed by atoms with Crippen LogP contribution in [0.1, 0.15) is 110 Å². The molecule has 36 heavy (non-hydrogen) atoms. The van der Waals surface area contributed by atoms with Crippen LogP contribution in [-0.2, 0) is 18.3 Å². The third kappa shape index (κ3) is 23.7. The van der Waals surface area contributed by atoms with Gasteiger partial charge in [-0.2, -0.15) is 0 Å². The molecule has 0 aliphatic carbocycles. The number of likely N-dealkylation sites (N-methyl/N-ethyl adjacent to an activating group) is 1. The van der Waals surface area contributed by atoms with E-state index < -0.39 is 13.9 Å². The number of rotatable bonds is 25. The maximum atomic E-state index is 12.0. The fourth-order valence-corrected chi connectivity index (χ4v) is 4.69. The molecule has 0 radical (unpaired) electrons. The highest BCUT2D eigenvalue weighted by molar-refractivity contribution is 7.45. The molecule has 0 saturated heterocycles. The molecule has 0 fully saturated rings. The highest BCUT2D eigenvalue weighted by Crippen LogP contribution is 2.37. The SMILES string of the molecule is CCCCCCCCCCCCCCCCCCN(CCOP(=O)([O-])OCC[N+](C)(C)C)C(=O)OC. The third-order valence-corrected chi connectivity index (χ3v) is 7.33. The molecule has 0 aliphatic heterocycles. The number of carbonyl (C=O) groups excluding carboxylic acids is 1. The van der Waals surface area contributed by atoms with E-state index in [-0.39, 0.29) is 19.8 Å². The number of phosphoric ester groups is 1. The van der Waals surface area contributed by atoms with Crippen molar-refractivity contribution in [1.82, 2.24) is 4.90 Å². The molecule has 9 heteroatoms. The van der Waals surface area contributed by atoms with E-state index in [0.717, 1.165) is 19.3 Å². The number of carbonyl (C=O) groups is 1. The van der Waals surface area contributed by atoms with Crippen molar-refractivity contribution in [3.63, 3.8) is 0 Å². The zero-order valence-electron chi connectivity index (χ0n) is 24.1. The molecule has 0 aromatic heterocycles. The van der Waals surface area contributed by atoms with Crippen LogP contribution in [0.2, 0.25) is 0 Å². The van der Waals surface area contributed by atoms with Crippen molar-refractivity contribution in [2.75, 3.05) is 61.1 Å². The fraction of sp³-hybridized carbons (Fsp3) is 0.963. The minimum Gasteiger partial charge on any atom is -0.756 e. The second-order valence-corrected chi connectivity index (χ2v) is 12.3. The van der Waals surface area contributed by atoms with Gasteiger partial charge in [0.05, 0.1) is 34.9 Å². The molecule has 0 aromatic rings. The Morgan fingerprint density at radius 2 is 1.14 bits per heavy atom. The normalized spacial score (nSPS) is 13.5. The van der Waals surface area contributed by atoms with Gasteiger partial charge in [0.1, 0.15) is 13.2 Å². The quantitative estimate of drug-likeness (QED) is 0.0749. The molecule has 0 saturated carbocycles. The van der Waals surface area contributed by atoms with E-state index in [1.54, 1.807) is 0 Å². The lowest BCUT2D eigenvalue weighted by Gasteiger charge is -2.28. The predicted molar refractivity (Wildman–Crippen MR) is 146 cm³/mol. The van der Waals surface area contributed by atoms with Crippen molar-refractivity contribution in [3.05, 3.63) is 0 Å². The van der Waals surface area contributed by atoms with Gasteiger partial charge in [-0.15, -0.1) is 0 Å². The van der Waals surface area contributed by atoms with Crippen LogP contribution >= 0.6 is 7.82 Å². The minimum atomic E-state index is -4.38. The monoisotopic (exact) mass is 536 g/mol. The Balaban J connectivity index is 3.78. The van der Waals surface area contributed by atoms with Gasteiger partial charge in [-0.05, 0) is 6.42 Å². The second-order valence-electron chi connectivity index (χ2n) is 10.9. The number of methoxy groups -OCH3 is 1. The van der Waals surface area contributed by atoms with Gasteiger partial charge < -0.3 is 28.1 Å². The van der Waals surface area contributed by atoms with Gasteiger partial charge in [0.25, 0.3) is 7.82 Å². The van der Waals surface area contributed by atoms with Crippen LogP contribution in [0.3, 0.4) is 0 Å². The third-order valence-electron chi connectivity index (χ3n) is 6.34. The number of unbranched alkanes of at least 4 members (excludes halogenated alkanes) is 15. The van der Waals surface area contributed by atoms with E-state index in [2.05, 4.69) is 6.92 Å². The summed E-state index contributed by atoms with van der Waals surface area (Å²) in [6.45, 7) is 3.41. The molecule has 0 bridgehead atoms. The second kappa shape index (κ2) is 22.3. The lowest BCUT2D eigenvalue weighted by Crippen LogP contribution is -2.37. The maximum Gasteiger partial charge on any atom is 0.409 e. The average Bonchev–Trinajstić information content (AvgIpc) is 2.81. The van der Waals surface area contributed by atoms with Crippen molar-refractivity contribution < 1.29 is 32.5 Å². The van der Waals surface area contributed by atoms with Crippen molar-refractivity contribution in [3.8, 4) is 0 Å². The van der Waals surface area contributed by atoms with E-state index in [0.29, 0.717) is 17.6 Å². The summed E-state index contributed by atoms with van der Waals surface area (Å²) < 4.78 is 27.1. The van der Waals surface area contributed by atoms with E-state index in [1.165, 1.54) is 95.5 Å². The summed E-state index contributed by atoms with van der Waals surface area (Å²) in [5, 5.41) is 0. The first-order valence-electron chi connectivity index (χ1n) is 14.3. The highest BCUT2D eigenvalue weighted by atomic mass is 31.2. The summed E-state index contributed by atoms with van der Waals surface area (Å²) in [6, 6.07) is 0. The first-order valence-corrected chi connectivity index (χ1v) is 15.8. The van der Waals surface area contributed by atoms with E-state index >= 15 is 0 Å². The van der Waals surface area contributed by atoms with Gasteiger partial charge in [-0.3, -0.25) is 4.57 Å². The number of hydrogen-bond acceptors (Lipinski definition) is 6. The molecular formula is C27H57N2O6P. The van der Waals surface area contributed by atoms with Gasteiger partial charge >= 0.3 is 6.09 Å². The van der Waals surface area contributed by atoms with Crippen LogP contribution < -0.4 is 4.89 Å². The molecule has 216 valence electrons. The van der Waals surface area contributed by atoms with Crippen molar-refractivity contribution in [2.24, 2.45) is 0 Å². The molecular weight excluding hydrogens is 479 g/mol. The van der Waals surface area contributed by atoms with E-state index in [4.69, 9.17) is 13.8 Å². The summed E-state index contributed by atoms with van der Waals surface area (Å²) in [7, 11) is 2.81. The number of nitrogens with zero attached hydrogens (tertiary/aromatic N) is 2. The summed E-state index contributed by atoms with van der Waals surface area (Å²) in [5.74, 6) is 0. The van der Waals surface area contributed by atoms with E-state index in [1.807, 2.05) is 21.1 Å². The molecule has 1 amide bonds. The van der Waals surface area contributed by atoms with Crippen LogP contribution in [0.25, 0.3) is 0 Å². The highest BCUT2D eigenvalue weighted by Gasteiger charge is 2.17. The summed E-state index contributed by atoms with van der Waals surface area (Å²) in [6.07, 6.45) is 20.2. The van der Waals surface area contributed by atoms with Crippen LogP contribution in [0.15, 0.2) is 0 Å². The van der Waals surface area contributed by atoms with Crippen molar-refractivity contribution >= 4 is 13.9 Å². The molecule has 0 N–H and O–H groups in total. The molecule has 1 atom stereocenters. The number of quaternary nitrogens is 1. The zero-order chi connectivity index (χ0) is 27.1. The Morgan fingerprint density at radius 3 is 1.56 bits per heavy atom. The Kier molecular flexibility index (Phi) is 21.9. The first-order chi connectivity index (χ1) is 17.1. The Hall–Kier alpha value is -0.660. The van der Waals surface area contributed by atoms with Gasteiger partial charge in [0.15, 0.2) is 0 Å². The first kappa shape index (κ1) is 35.3. The van der Waals surface area contributed by atoms with Crippen LogP contribution in [0.5, 0.6) is 0 Å². The van der Waals surface area contributed by atoms with Crippen molar-refractivity contribution in [2.45, 2.75) is 110 Å². The summed E-state index contributed by atoms with van der Waals surface area (Å²) >= 11 is 0. The number of phosphoric acid groups is 1. The molecule has 0 rings (SSSR count). The topological polar surface area (TPSA) is 88.1 Å². The Labute approximate surface area is 222 Å². The molecule has 0 aromatic carbocycles. The number of ether oxygens (including phenoxy) is 1. The Bertz CT molecular complexity index is 571. The fourth-order valence-electron chi connectivity index (χ4n) is 4.00. The van der Waals surface area contributed by atoms with Crippen molar-refractivity contribution in [1.29, 1.82) is 0 Å². The Morgan fingerprint density at radius 1 is 0.722 bits per heavy atom. The smallest absolute Gasteiger partial charge is 0.409 e. The standard InChI is InChI=1S/C27H57N2O6P/c1-6-7-8-9-10-11-12-13-14-15-16-17-18-19-20-21-22-28(27(30)33-5)23-25-34-36(31,32)35-26-24-29(2,3)4/h6-26H2,1-5H3. The van der Waals surface area contributed by atoms with Crippen LogP contribution in [0.4, 0.5) is 4.79 Å². The molecule has 0 spiro atoms. The van der Waals surface area contributed by atoms with Gasteiger partial charge in [-0.25, -0.2) is 4.79 Å². The average molecular weight is 537 g/mol. The lowest BCUT2D eigenvalue weighted by molar-refractivity contribution is -0.870. The minimum absolute atomic E-state index is 0.0597. The van der Waals surface area contributed by atoms with Crippen LogP contribution in [0, 0.1) is 0 Å². The number of amides is 1. The largest absolute Gasteiger partial charge is 0.756 e. The number of hydrogen-bond donors (Lipinski definition) is 0. The van der Waals surface area contributed by atoms with Gasteiger partial charge in [0, 0.05) is 13.1 Å². The van der Waals surface area contributed by atoms with E-state index in [9.17, 15) is 14.3 Å². The predicted octanol–water partition coefficient (Wildman–Crippen LogP) is 6.52. The van der Waals surface area contributed by atoms with Crippen LogP contribution in [-0.4, -0.2) is 76.6 Å². The zero-order valence-corrected chi connectivity index (χ0v) is 25.0.